The summed E-state index contributed by atoms with van der Waals surface area (Å²) in [5, 5.41) is 2.81. The van der Waals surface area contributed by atoms with Gasteiger partial charge in [0.15, 0.2) is 0 Å². The number of halogens is 4. The van der Waals surface area contributed by atoms with E-state index in [1.54, 1.807) is 23.5 Å². The third-order valence-electron chi connectivity index (χ3n) is 2.50. The molecule has 1 heterocycles. The highest BCUT2D eigenvalue weighted by Gasteiger charge is 2.18. The molecular weight excluding hydrogens is 437 g/mol. The number of alkyl halides is 1. The maximum absolute atomic E-state index is 6.47. The first-order chi connectivity index (χ1) is 9.02. The lowest BCUT2D eigenvalue weighted by atomic mass is 10.1. The summed E-state index contributed by atoms with van der Waals surface area (Å²) in [5.41, 5.74) is 1.82. The summed E-state index contributed by atoms with van der Waals surface area (Å²) in [6.45, 7) is 2.44. The highest BCUT2D eigenvalue weighted by molar-refractivity contribution is 14.1. The van der Waals surface area contributed by atoms with Gasteiger partial charge in [-0.3, -0.25) is 0 Å². The van der Waals surface area contributed by atoms with E-state index in [-0.39, 0.29) is 5.38 Å². The zero-order chi connectivity index (χ0) is 14.0. The Kier molecular flexibility index (Phi) is 5.66. The van der Waals surface area contributed by atoms with E-state index in [1.165, 1.54) is 2.88 Å². The molecule has 1 unspecified atom stereocenters. The van der Waals surface area contributed by atoms with E-state index < -0.39 is 0 Å². The van der Waals surface area contributed by atoms with Gasteiger partial charge in [0, 0.05) is 11.1 Å². The van der Waals surface area contributed by atoms with Crippen LogP contribution in [-0.4, -0.2) is 6.61 Å². The fourth-order valence-corrected chi connectivity index (χ4v) is 3.96. The topological polar surface area (TPSA) is 9.23 Å². The fourth-order valence-electron chi connectivity index (χ4n) is 1.64. The van der Waals surface area contributed by atoms with Crippen molar-refractivity contribution < 1.29 is 4.74 Å². The van der Waals surface area contributed by atoms with Crippen LogP contribution in [0.2, 0.25) is 10.0 Å². The number of hydrogen-bond acceptors (Lipinski definition) is 2. The lowest BCUT2D eigenvalue weighted by Gasteiger charge is -2.13. The van der Waals surface area contributed by atoms with Crippen molar-refractivity contribution >= 4 is 68.7 Å². The Hall–Kier alpha value is 0.320. The van der Waals surface area contributed by atoms with E-state index in [0.29, 0.717) is 22.4 Å². The van der Waals surface area contributed by atoms with Crippen molar-refractivity contribution in [3.05, 3.63) is 47.6 Å². The second kappa shape index (κ2) is 6.85. The summed E-state index contributed by atoms with van der Waals surface area (Å²) in [7, 11) is 0. The Balaban J connectivity index is 2.37. The molecule has 0 aliphatic carbocycles. The highest BCUT2D eigenvalue weighted by Crippen LogP contribution is 2.40. The molecule has 0 bridgehead atoms. The summed E-state index contributed by atoms with van der Waals surface area (Å²) in [4.78, 5) is 0. The van der Waals surface area contributed by atoms with Crippen LogP contribution in [-0.2, 0) is 0 Å². The van der Waals surface area contributed by atoms with Crippen LogP contribution in [0.3, 0.4) is 0 Å². The SMILES string of the molecule is CCOc1cc(Cl)c(C(Cl)c2csc(I)c2)cc1Cl. The molecule has 6 heteroatoms. The van der Waals surface area contributed by atoms with E-state index in [9.17, 15) is 0 Å². The average molecular weight is 448 g/mol. The summed E-state index contributed by atoms with van der Waals surface area (Å²) < 4.78 is 6.59. The van der Waals surface area contributed by atoms with Crippen LogP contribution >= 0.6 is 68.7 Å². The van der Waals surface area contributed by atoms with Crippen LogP contribution < -0.4 is 4.74 Å². The first-order valence-corrected chi connectivity index (χ1v) is 8.67. The van der Waals surface area contributed by atoms with Gasteiger partial charge in [0.25, 0.3) is 0 Å². The molecular formula is C13H10Cl3IOS. The third-order valence-corrected chi connectivity index (χ3v) is 5.42. The molecule has 2 rings (SSSR count). The van der Waals surface area contributed by atoms with Crippen LogP contribution in [0.4, 0.5) is 0 Å². The van der Waals surface area contributed by atoms with Crippen molar-refractivity contribution in [3.63, 3.8) is 0 Å². The highest BCUT2D eigenvalue weighted by atomic mass is 127. The number of hydrogen-bond donors (Lipinski definition) is 0. The maximum atomic E-state index is 6.47. The molecule has 102 valence electrons. The summed E-state index contributed by atoms with van der Waals surface area (Å²) in [5.74, 6) is 0.585. The molecule has 0 aliphatic heterocycles. The third kappa shape index (κ3) is 3.70. The Bertz CT molecular complexity index is 585. The van der Waals surface area contributed by atoms with Gasteiger partial charge < -0.3 is 4.74 Å². The van der Waals surface area contributed by atoms with Gasteiger partial charge >= 0.3 is 0 Å². The predicted octanol–water partition coefficient (Wildman–Crippen LogP) is 6.39. The van der Waals surface area contributed by atoms with Gasteiger partial charge in [0.2, 0.25) is 0 Å². The minimum absolute atomic E-state index is 0.305. The van der Waals surface area contributed by atoms with Crippen LogP contribution in [0, 0.1) is 2.88 Å². The molecule has 1 aromatic carbocycles. The Morgan fingerprint density at radius 1 is 1.26 bits per heavy atom. The lowest BCUT2D eigenvalue weighted by Crippen LogP contribution is -1.97. The standard InChI is InChI=1S/C13H10Cl3IOS/c1-2-18-11-5-9(14)8(4-10(11)15)13(16)7-3-12(17)19-6-7/h3-6,13H,2H2,1H3. The number of benzene rings is 1. The molecule has 0 aliphatic rings. The van der Waals surface area contributed by atoms with Crippen molar-refractivity contribution in [2.45, 2.75) is 12.3 Å². The molecule has 0 N–H and O–H groups in total. The van der Waals surface area contributed by atoms with Crippen molar-refractivity contribution in [2.24, 2.45) is 0 Å². The Labute approximate surface area is 145 Å². The summed E-state index contributed by atoms with van der Waals surface area (Å²) in [6.07, 6.45) is 0. The monoisotopic (exact) mass is 446 g/mol. The van der Waals surface area contributed by atoms with Gasteiger partial charge in [-0.05, 0) is 58.2 Å². The number of ether oxygens (including phenoxy) is 1. The first kappa shape index (κ1) is 15.7. The van der Waals surface area contributed by atoms with E-state index in [2.05, 4.69) is 22.6 Å². The maximum Gasteiger partial charge on any atom is 0.139 e. The molecule has 1 atom stereocenters. The van der Waals surface area contributed by atoms with Crippen molar-refractivity contribution in [1.29, 1.82) is 0 Å². The second-order valence-electron chi connectivity index (χ2n) is 3.78. The van der Waals surface area contributed by atoms with Crippen LogP contribution in [0.5, 0.6) is 5.75 Å². The van der Waals surface area contributed by atoms with Crippen molar-refractivity contribution in [3.8, 4) is 5.75 Å². The molecule has 0 fully saturated rings. The molecule has 0 spiro atoms. The van der Waals surface area contributed by atoms with Crippen LogP contribution in [0.25, 0.3) is 0 Å². The minimum Gasteiger partial charge on any atom is -0.492 e. The average Bonchev–Trinajstić information content (AvgIpc) is 2.79. The van der Waals surface area contributed by atoms with Gasteiger partial charge in [-0.15, -0.1) is 22.9 Å². The van der Waals surface area contributed by atoms with Crippen LogP contribution in [0.15, 0.2) is 23.6 Å². The van der Waals surface area contributed by atoms with Crippen molar-refractivity contribution in [1.82, 2.24) is 0 Å². The number of rotatable bonds is 4. The van der Waals surface area contributed by atoms with E-state index in [1.807, 2.05) is 18.4 Å². The second-order valence-corrected chi connectivity index (χ2v) is 7.84. The molecule has 2 aromatic rings. The summed E-state index contributed by atoms with van der Waals surface area (Å²) >= 11 is 22.8. The summed E-state index contributed by atoms with van der Waals surface area (Å²) in [6, 6.07) is 5.54. The predicted molar refractivity (Wildman–Crippen MR) is 92.4 cm³/mol. The molecule has 0 saturated carbocycles. The van der Waals surface area contributed by atoms with E-state index in [4.69, 9.17) is 39.5 Å². The molecule has 1 nitrogen and oxygen atoms in total. The molecule has 0 saturated heterocycles. The largest absolute Gasteiger partial charge is 0.492 e. The van der Waals surface area contributed by atoms with Gasteiger partial charge in [-0.25, -0.2) is 0 Å². The van der Waals surface area contributed by atoms with Crippen molar-refractivity contribution in [2.75, 3.05) is 6.61 Å². The zero-order valence-electron chi connectivity index (χ0n) is 9.92. The quantitative estimate of drug-likeness (QED) is 0.390. The van der Waals surface area contributed by atoms with E-state index in [0.717, 1.165) is 11.1 Å². The van der Waals surface area contributed by atoms with Gasteiger partial charge in [-0.1, -0.05) is 23.2 Å². The molecule has 0 amide bonds. The van der Waals surface area contributed by atoms with Crippen LogP contribution in [0.1, 0.15) is 23.4 Å². The Morgan fingerprint density at radius 3 is 2.58 bits per heavy atom. The minimum atomic E-state index is -0.305. The van der Waals surface area contributed by atoms with Gasteiger partial charge in [-0.2, -0.15) is 0 Å². The lowest BCUT2D eigenvalue weighted by molar-refractivity contribution is 0.340. The first-order valence-electron chi connectivity index (χ1n) is 5.52. The Morgan fingerprint density at radius 2 is 2.00 bits per heavy atom. The molecule has 0 radical (unpaired) electrons. The van der Waals surface area contributed by atoms with Gasteiger partial charge in [0.05, 0.1) is 19.9 Å². The smallest absolute Gasteiger partial charge is 0.139 e. The van der Waals surface area contributed by atoms with Gasteiger partial charge in [0.1, 0.15) is 5.75 Å². The zero-order valence-corrected chi connectivity index (χ0v) is 15.2. The normalized spacial score (nSPS) is 12.5. The van der Waals surface area contributed by atoms with E-state index >= 15 is 0 Å². The molecule has 1 aromatic heterocycles. The number of thiophene rings is 1. The fraction of sp³-hybridized carbons (Fsp3) is 0.231. The molecule has 19 heavy (non-hydrogen) atoms.